The monoisotopic (exact) mass is 259 g/mol. The van der Waals surface area contributed by atoms with Crippen LogP contribution in [0.5, 0.6) is 0 Å². The van der Waals surface area contributed by atoms with E-state index in [-0.39, 0.29) is 5.60 Å². The zero-order chi connectivity index (χ0) is 13.3. The van der Waals surface area contributed by atoms with Crippen molar-refractivity contribution in [3.8, 4) is 0 Å². The summed E-state index contributed by atoms with van der Waals surface area (Å²) in [5, 5.41) is 3.16. The van der Waals surface area contributed by atoms with Crippen molar-refractivity contribution < 1.29 is 17.9 Å². The topological polar surface area (TPSA) is 21.3 Å². The second-order valence-electron chi connectivity index (χ2n) is 4.84. The van der Waals surface area contributed by atoms with Gasteiger partial charge in [0.25, 0.3) is 0 Å². The van der Waals surface area contributed by atoms with Gasteiger partial charge in [0, 0.05) is 13.1 Å². The zero-order valence-corrected chi connectivity index (χ0v) is 10.4. The molecule has 1 aromatic carbocycles. The molecule has 0 saturated carbocycles. The van der Waals surface area contributed by atoms with Crippen molar-refractivity contribution in [1.82, 2.24) is 5.32 Å². The van der Waals surface area contributed by atoms with E-state index in [1.165, 1.54) is 0 Å². The molecule has 0 aromatic heterocycles. The summed E-state index contributed by atoms with van der Waals surface area (Å²) in [6.07, 6.45) is 0.316. The summed E-state index contributed by atoms with van der Waals surface area (Å²) in [7, 11) is 0. The van der Waals surface area contributed by atoms with E-state index in [1.807, 2.05) is 13.8 Å². The van der Waals surface area contributed by atoms with Gasteiger partial charge in [-0.15, -0.1) is 0 Å². The lowest BCUT2D eigenvalue weighted by atomic mass is 9.98. The molecule has 2 rings (SSSR count). The van der Waals surface area contributed by atoms with Gasteiger partial charge >= 0.3 is 0 Å². The van der Waals surface area contributed by atoms with Gasteiger partial charge in [-0.2, -0.15) is 0 Å². The number of morpholine rings is 1. The van der Waals surface area contributed by atoms with Crippen molar-refractivity contribution >= 4 is 0 Å². The van der Waals surface area contributed by atoms with E-state index in [0.29, 0.717) is 18.7 Å². The van der Waals surface area contributed by atoms with E-state index in [1.54, 1.807) is 0 Å². The fourth-order valence-corrected chi connectivity index (χ4v) is 2.05. The number of hydrogen-bond donors (Lipinski definition) is 1. The zero-order valence-electron chi connectivity index (χ0n) is 10.4. The fourth-order valence-electron chi connectivity index (χ4n) is 2.05. The summed E-state index contributed by atoms with van der Waals surface area (Å²) < 4.78 is 45.1. The maximum Gasteiger partial charge on any atom is 0.194 e. The Balaban J connectivity index is 2.26. The van der Waals surface area contributed by atoms with Crippen LogP contribution in [0.2, 0.25) is 0 Å². The van der Waals surface area contributed by atoms with E-state index < -0.39 is 23.6 Å². The van der Waals surface area contributed by atoms with E-state index >= 15 is 0 Å². The molecule has 2 atom stereocenters. The Morgan fingerprint density at radius 2 is 1.94 bits per heavy atom. The molecular formula is C13H16F3NO. The number of hydrogen-bond acceptors (Lipinski definition) is 2. The number of ether oxygens (including phenoxy) is 1. The van der Waals surface area contributed by atoms with Crippen LogP contribution in [0.4, 0.5) is 13.2 Å². The summed E-state index contributed by atoms with van der Waals surface area (Å²) in [5.41, 5.74) is -0.0529. The van der Waals surface area contributed by atoms with Gasteiger partial charge in [-0.1, -0.05) is 6.92 Å². The third-order valence-corrected chi connectivity index (χ3v) is 3.38. The van der Waals surface area contributed by atoms with Gasteiger partial charge in [0.2, 0.25) is 0 Å². The first-order valence-electron chi connectivity index (χ1n) is 5.98. The summed E-state index contributed by atoms with van der Waals surface area (Å²) in [5.74, 6) is -3.81. The Morgan fingerprint density at radius 3 is 2.50 bits per heavy atom. The Kier molecular flexibility index (Phi) is 3.64. The molecule has 0 amide bonds. The maximum absolute atomic E-state index is 13.2. The van der Waals surface area contributed by atoms with Crippen molar-refractivity contribution in [2.75, 3.05) is 13.1 Å². The van der Waals surface area contributed by atoms with Gasteiger partial charge in [-0.3, -0.25) is 0 Å². The molecule has 0 spiro atoms. The van der Waals surface area contributed by atoms with Crippen molar-refractivity contribution in [1.29, 1.82) is 0 Å². The smallest absolute Gasteiger partial charge is 0.194 e. The van der Waals surface area contributed by atoms with Crippen molar-refractivity contribution in [2.24, 2.45) is 0 Å². The minimum absolute atomic E-state index is 0.318. The van der Waals surface area contributed by atoms with E-state index in [4.69, 9.17) is 4.74 Å². The lowest BCUT2D eigenvalue weighted by Crippen LogP contribution is -2.48. The van der Waals surface area contributed by atoms with Crippen LogP contribution in [0.25, 0.3) is 0 Å². The molecule has 1 fully saturated rings. The molecule has 1 aromatic rings. The van der Waals surface area contributed by atoms with Gasteiger partial charge in [0.15, 0.2) is 17.5 Å². The predicted octanol–water partition coefficient (Wildman–Crippen LogP) is 2.93. The number of halogens is 3. The molecule has 5 heteroatoms. The number of rotatable bonds is 2. The molecule has 100 valence electrons. The summed E-state index contributed by atoms with van der Waals surface area (Å²) in [4.78, 5) is 0. The predicted molar refractivity (Wildman–Crippen MR) is 61.7 cm³/mol. The first-order chi connectivity index (χ1) is 8.45. The Hall–Kier alpha value is -1.07. The largest absolute Gasteiger partial charge is 0.365 e. The third-order valence-electron chi connectivity index (χ3n) is 3.38. The third kappa shape index (κ3) is 2.52. The summed E-state index contributed by atoms with van der Waals surface area (Å²) >= 11 is 0. The van der Waals surface area contributed by atoms with Crippen LogP contribution in [0.1, 0.15) is 31.9 Å². The van der Waals surface area contributed by atoms with Crippen LogP contribution >= 0.6 is 0 Å². The molecule has 0 radical (unpaired) electrons. The molecule has 2 nitrogen and oxygen atoms in total. The molecule has 1 aliphatic rings. The first-order valence-corrected chi connectivity index (χ1v) is 5.98. The van der Waals surface area contributed by atoms with Crippen molar-refractivity contribution in [3.63, 3.8) is 0 Å². The van der Waals surface area contributed by atoms with E-state index in [2.05, 4.69) is 5.32 Å². The van der Waals surface area contributed by atoms with Gasteiger partial charge in [-0.25, -0.2) is 13.2 Å². The molecule has 0 bridgehead atoms. The second-order valence-corrected chi connectivity index (χ2v) is 4.84. The fraction of sp³-hybridized carbons (Fsp3) is 0.538. The van der Waals surface area contributed by atoms with Crippen LogP contribution in [0.15, 0.2) is 12.1 Å². The molecule has 1 saturated heterocycles. The molecular weight excluding hydrogens is 243 g/mol. The Morgan fingerprint density at radius 1 is 1.33 bits per heavy atom. The molecule has 1 heterocycles. The van der Waals surface area contributed by atoms with Gasteiger partial charge < -0.3 is 10.1 Å². The lowest BCUT2D eigenvalue weighted by molar-refractivity contribution is -0.109. The van der Waals surface area contributed by atoms with Crippen LogP contribution in [0, 0.1) is 17.5 Å². The lowest BCUT2D eigenvalue weighted by Gasteiger charge is -2.39. The molecule has 18 heavy (non-hydrogen) atoms. The SMILES string of the molecule is CCC1(C)CNCC(c2cc(F)c(F)c(F)c2)O1. The standard InChI is InChI=1S/C13H16F3NO/c1-3-13(2)7-17-6-11(18-13)8-4-9(14)12(16)10(15)5-8/h4-5,11,17H,3,6-7H2,1-2H3. The average Bonchev–Trinajstić information content (AvgIpc) is 2.35. The first kappa shape index (κ1) is 13.4. The summed E-state index contributed by atoms with van der Waals surface area (Å²) in [6.45, 7) is 5.06. The Labute approximate surface area is 104 Å². The van der Waals surface area contributed by atoms with Crippen LogP contribution in [-0.2, 0) is 4.74 Å². The van der Waals surface area contributed by atoms with E-state index in [9.17, 15) is 13.2 Å². The van der Waals surface area contributed by atoms with E-state index in [0.717, 1.165) is 18.6 Å². The molecule has 0 aliphatic carbocycles. The highest BCUT2D eigenvalue weighted by Gasteiger charge is 2.32. The normalized spacial score (nSPS) is 28.4. The quantitative estimate of drug-likeness (QED) is 0.824. The molecule has 1 aliphatic heterocycles. The van der Waals surface area contributed by atoms with Gasteiger partial charge in [0.05, 0.1) is 11.7 Å². The van der Waals surface area contributed by atoms with Crippen molar-refractivity contribution in [3.05, 3.63) is 35.1 Å². The summed E-state index contributed by atoms with van der Waals surface area (Å²) in [6, 6.07) is 1.98. The second kappa shape index (κ2) is 4.90. The highest BCUT2D eigenvalue weighted by Crippen LogP contribution is 2.30. The minimum atomic E-state index is -1.44. The highest BCUT2D eigenvalue weighted by atomic mass is 19.2. The highest BCUT2D eigenvalue weighted by molar-refractivity contribution is 5.22. The number of benzene rings is 1. The van der Waals surface area contributed by atoms with Gasteiger partial charge in [0.1, 0.15) is 0 Å². The Bertz CT molecular complexity index is 429. The average molecular weight is 259 g/mol. The molecule has 1 N–H and O–H groups in total. The van der Waals surface area contributed by atoms with Gasteiger partial charge in [-0.05, 0) is 31.0 Å². The van der Waals surface area contributed by atoms with Crippen LogP contribution < -0.4 is 5.32 Å². The van der Waals surface area contributed by atoms with Crippen LogP contribution in [-0.4, -0.2) is 18.7 Å². The van der Waals surface area contributed by atoms with Crippen molar-refractivity contribution in [2.45, 2.75) is 32.0 Å². The molecule has 2 unspecified atom stereocenters. The number of nitrogens with one attached hydrogen (secondary N) is 1. The van der Waals surface area contributed by atoms with Crippen LogP contribution in [0.3, 0.4) is 0 Å². The maximum atomic E-state index is 13.2. The minimum Gasteiger partial charge on any atom is -0.365 e.